The van der Waals surface area contributed by atoms with Gasteiger partial charge in [0.1, 0.15) is 0 Å². The Morgan fingerprint density at radius 3 is 3.07 bits per heavy atom. The van der Waals surface area contributed by atoms with Crippen molar-refractivity contribution < 1.29 is 9.90 Å². The monoisotopic (exact) mass is 272 g/mol. The molecule has 0 spiro atoms. The maximum Gasteiger partial charge on any atom is 0.409 e. The SMILES string of the molecule is O=C(O)Nc1ccc2nc(Br)sc2c1. The van der Waals surface area contributed by atoms with E-state index in [-0.39, 0.29) is 0 Å². The van der Waals surface area contributed by atoms with E-state index in [2.05, 4.69) is 26.2 Å². The smallest absolute Gasteiger partial charge is 0.409 e. The minimum atomic E-state index is -1.06. The first-order chi connectivity index (χ1) is 6.65. The molecule has 1 aromatic carbocycles. The van der Waals surface area contributed by atoms with Crippen LogP contribution in [0.1, 0.15) is 0 Å². The predicted octanol–water partition coefficient (Wildman–Crippen LogP) is 3.15. The number of carbonyl (C=O) groups is 1. The molecule has 1 amide bonds. The Morgan fingerprint density at radius 2 is 2.36 bits per heavy atom. The van der Waals surface area contributed by atoms with Gasteiger partial charge in [0, 0.05) is 5.69 Å². The van der Waals surface area contributed by atoms with E-state index in [0.717, 1.165) is 14.1 Å². The van der Waals surface area contributed by atoms with Gasteiger partial charge in [-0.15, -0.1) is 11.3 Å². The molecule has 4 nitrogen and oxygen atoms in total. The van der Waals surface area contributed by atoms with Crippen molar-refractivity contribution in [2.75, 3.05) is 5.32 Å². The second kappa shape index (κ2) is 3.55. The lowest BCUT2D eigenvalue weighted by molar-refractivity contribution is 0.210. The molecule has 0 unspecified atom stereocenters. The van der Waals surface area contributed by atoms with Crippen LogP contribution in [-0.2, 0) is 0 Å². The van der Waals surface area contributed by atoms with Crippen LogP contribution in [0.3, 0.4) is 0 Å². The molecule has 14 heavy (non-hydrogen) atoms. The number of carboxylic acid groups (broad SMARTS) is 1. The summed E-state index contributed by atoms with van der Waals surface area (Å²) in [6.45, 7) is 0. The Kier molecular flexibility index (Phi) is 2.39. The van der Waals surface area contributed by atoms with Gasteiger partial charge in [-0.3, -0.25) is 5.32 Å². The zero-order valence-corrected chi connectivity index (χ0v) is 9.22. The molecule has 0 bridgehead atoms. The lowest BCUT2D eigenvalue weighted by atomic mass is 10.3. The number of nitrogens with one attached hydrogen (secondary N) is 1. The van der Waals surface area contributed by atoms with Crippen molar-refractivity contribution in [3.05, 3.63) is 22.1 Å². The summed E-state index contributed by atoms with van der Waals surface area (Å²) in [7, 11) is 0. The second-order valence-corrected chi connectivity index (χ2v) is 4.89. The van der Waals surface area contributed by atoms with Gasteiger partial charge in [0.25, 0.3) is 0 Å². The summed E-state index contributed by atoms with van der Waals surface area (Å²) >= 11 is 4.74. The first kappa shape index (κ1) is 9.42. The summed E-state index contributed by atoms with van der Waals surface area (Å²) in [6.07, 6.45) is -1.06. The highest BCUT2D eigenvalue weighted by Crippen LogP contribution is 2.28. The minimum absolute atomic E-state index is 0.557. The molecule has 2 aromatic rings. The molecule has 0 saturated carbocycles. The minimum Gasteiger partial charge on any atom is -0.465 e. The molecule has 0 fully saturated rings. The average molecular weight is 273 g/mol. The summed E-state index contributed by atoms with van der Waals surface area (Å²) in [5.41, 5.74) is 1.42. The topological polar surface area (TPSA) is 62.2 Å². The fraction of sp³-hybridized carbons (Fsp3) is 0. The summed E-state index contributed by atoms with van der Waals surface area (Å²) in [5, 5.41) is 10.8. The number of halogens is 1. The zero-order chi connectivity index (χ0) is 10.1. The van der Waals surface area contributed by atoms with E-state index >= 15 is 0 Å². The fourth-order valence-corrected chi connectivity index (χ4v) is 2.54. The molecule has 0 aliphatic carbocycles. The number of aromatic nitrogens is 1. The molecule has 0 aliphatic heterocycles. The number of thiazole rings is 1. The highest BCUT2D eigenvalue weighted by Gasteiger charge is 2.03. The van der Waals surface area contributed by atoms with Crippen LogP contribution in [0.2, 0.25) is 0 Å². The quantitative estimate of drug-likeness (QED) is 0.838. The van der Waals surface area contributed by atoms with Crippen LogP contribution in [0, 0.1) is 0 Å². The number of anilines is 1. The van der Waals surface area contributed by atoms with Crippen LogP contribution >= 0.6 is 27.3 Å². The lowest BCUT2D eigenvalue weighted by Gasteiger charge is -1.98. The first-order valence-electron chi connectivity index (χ1n) is 3.71. The van der Waals surface area contributed by atoms with E-state index in [1.807, 2.05) is 0 Å². The van der Waals surface area contributed by atoms with Crippen LogP contribution in [0.25, 0.3) is 10.2 Å². The van der Waals surface area contributed by atoms with E-state index in [0.29, 0.717) is 5.69 Å². The highest BCUT2D eigenvalue weighted by molar-refractivity contribution is 9.11. The normalized spacial score (nSPS) is 10.4. The van der Waals surface area contributed by atoms with Crippen molar-refractivity contribution in [3.63, 3.8) is 0 Å². The largest absolute Gasteiger partial charge is 0.465 e. The number of hydrogen-bond acceptors (Lipinski definition) is 3. The van der Waals surface area contributed by atoms with Gasteiger partial charge in [-0.25, -0.2) is 9.78 Å². The van der Waals surface area contributed by atoms with Crippen molar-refractivity contribution in [2.45, 2.75) is 0 Å². The van der Waals surface area contributed by atoms with Gasteiger partial charge in [0.05, 0.1) is 10.2 Å². The van der Waals surface area contributed by atoms with Crippen LogP contribution in [-0.4, -0.2) is 16.2 Å². The number of benzene rings is 1. The predicted molar refractivity (Wildman–Crippen MR) is 59.0 cm³/mol. The third-order valence-corrected chi connectivity index (χ3v) is 3.08. The Morgan fingerprint density at radius 1 is 1.57 bits per heavy atom. The van der Waals surface area contributed by atoms with Gasteiger partial charge in [-0.05, 0) is 34.1 Å². The van der Waals surface area contributed by atoms with Gasteiger partial charge in [-0.2, -0.15) is 0 Å². The summed E-state index contributed by atoms with van der Waals surface area (Å²) in [4.78, 5) is 14.6. The van der Waals surface area contributed by atoms with Gasteiger partial charge in [0.2, 0.25) is 0 Å². The molecule has 1 heterocycles. The molecular formula is C8H5BrN2O2S. The van der Waals surface area contributed by atoms with E-state index in [9.17, 15) is 4.79 Å². The Bertz CT molecular complexity index is 497. The van der Waals surface area contributed by atoms with E-state index < -0.39 is 6.09 Å². The number of rotatable bonds is 1. The van der Waals surface area contributed by atoms with Crippen molar-refractivity contribution >= 4 is 49.3 Å². The number of hydrogen-bond donors (Lipinski definition) is 2. The van der Waals surface area contributed by atoms with Crippen LogP contribution in [0.5, 0.6) is 0 Å². The molecule has 0 saturated heterocycles. The average Bonchev–Trinajstić information content (AvgIpc) is 2.42. The molecule has 72 valence electrons. The molecule has 2 rings (SSSR count). The van der Waals surface area contributed by atoms with E-state index in [1.165, 1.54) is 11.3 Å². The highest BCUT2D eigenvalue weighted by atomic mass is 79.9. The fourth-order valence-electron chi connectivity index (χ4n) is 1.10. The maximum absolute atomic E-state index is 10.4. The van der Waals surface area contributed by atoms with Crippen LogP contribution in [0.4, 0.5) is 10.5 Å². The van der Waals surface area contributed by atoms with Crippen molar-refractivity contribution in [1.82, 2.24) is 4.98 Å². The Labute approximate surface area is 91.7 Å². The third kappa shape index (κ3) is 1.85. The molecule has 2 N–H and O–H groups in total. The first-order valence-corrected chi connectivity index (χ1v) is 5.32. The molecule has 6 heteroatoms. The molecular weight excluding hydrogens is 268 g/mol. The van der Waals surface area contributed by atoms with Gasteiger partial charge < -0.3 is 5.11 Å². The summed E-state index contributed by atoms with van der Waals surface area (Å²) in [5.74, 6) is 0. The van der Waals surface area contributed by atoms with Crippen LogP contribution < -0.4 is 5.32 Å². The third-order valence-electron chi connectivity index (χ3n) is 1.61. The lowest BCUT2D eigenvalue weighted by Crippen LogP contribution is -2.06. The molecule has 0 atom stereocenters. The van der Waals surface area contributed by atoms with Crippen molar-refractivity contribution in [1.29, 1.82) is 0 Å². The van der Waals surface area contributed by atoms with Crippen LogP contribution in [0.15, 0.2) is 22.1 Å². The number of amides is 1. The Balaban J connectivity index is 2.45. The number of nitrogens with zero attached hydrogens (tertiary/aromatic N) is 1. The zero-order valence-electron chi connectivity index (χ0n) is 6.82. The summed E-state index contributed by atoms with van der Waals surface area (Å²) < 4.78 is 1.74. The second-order valence-electron chi connectivity index (χ2n) is 2.58. The molecule has 0 radical (unpaired) electrons. The maximum atomic E-state index is 10.4. The summed E-state index contributed by atoms with van der Waals surface area (Å²) in [6, 6.07) is 5.22. The van der Waals surface area contributed by atoms with Crippen molar-refractivity contribution in [3.8, 4) is 0 Å². The Hall–Kier alpha value is -1.14. The standard InChI is InChI=1S/C8H5BrN2O2S/c9-7-11-5-2-1-4(10-8(12)13)3-6(5)14-7/h1-3,10H,(H,12,13). The van der Waals surface area contributed by atoms with Crippen molar-refractivity contribution in [2.24, 2.45) is 0 Å². The van der Waals surface area contributed by atoms with E-state index in [1.54, 1.807) is 18.2 Å². The number of fused-ring (bicyclic) bond motifs is 1. The van der Waals surface area contributed by atoms with E-state index in [4.69, 9.17) is 5.11 Å². The van der Waals surface area contributed by atoms with Gasteiger partial charge >= 0.3 is 6.09 Å². The molecule has 1 aromatic heterocycles. The molecule has 0 aliphatic rings. The van der Waals surface area contributed by atoms with Gasteiger partial charge in [0.15, 0.2) is 3.92 Å². The van der Waals surface area contributed by atoms with Gasteiger partial charge in [-0.1, -0.05) is 0 Å².